The van der Waals surface area contributed by atoms with Gasteiger partial charge in [-0.05, 0) is 49.5 Å². The van der Waals surface area contributed by atoms with Gasteiger partial charge < -0.3 is 21.3 Å². The number of para-hydroxylation sites is 1. The highest BCUT2D eigenvalue weighted by molar-refractivity contribution is 6.00. The Kier molecular flexibility index (Phi) is 3.46. The number of likely N-dealkylation sites (N-methyl/N-ethyl adjacent to an activating group) is 1. The third-order valence-electron chi connectivity index (χ3n) is 4.96. The molecule has 2 heterocycles. The number of benzene rings is 2. The van der Waals surface area contributed by atoms with Crippen molar-refractivity contribution in [3.05, 3.63) is 59.2 Å². The first-order valence-electron chi connectivity index (χ1n) is 8.25. The number of fused-ring (bicyclic) bond motifs is 2. The summed E-state index contributed by atoms with van der Waals surface area (Å²) < 4.78 is 0. The fourth-order valence-corrected chi connectivity index (χ4v) is 4.02. The monoisotopic (exact) mass is 322 g/mol. The highest BCUT2D eigenvalue weighted by Crippen LogP contribution is 2.46. The number of nitrogens with two attached hydrogens (primary N) is 1. The van der Waals surface area contributed by atoms with Crippen LogP contribution in [0.25, 0.3) is 0 Å². The van der Waals surface area contributed by atoms with Gasteiger partial charge in [-0.1, -0.05) is 18.2 Å². The normalized spacial score (nSPS) is 24.5. The lowest BCUT2D eigenvalue weighted by molar-refractivity contribution is 0.0950. The molecule has 2 aromatic carbocycles. The predicted molar refractivity (Wildman–Crippen MR) is 96.2 cm³/mol. The lowest BCUT2D eigenvalue weighted by Gasteiger charge is -2.29. The maximum atomic E-state index is 12.4. The number of carbonyl (C=O) groups is 1. The number of nitrogens with zero attached hydrogens (tertiary/aromatic N) is 1. The smallest absolute Gasteiger partial charge is 0.252 e. The molecule has 2 aliphatic heterocycles. The summed E-state index contributed by atoms with van der Waals surface area (Å²) in [4.78, 5) is 14.6. The van der Waals surface area contributed by atoms with Gasteiger partial charge in [0.05, 0.1) is 6.04 Å². The van der Waals surface area contributed by atoms with Gasteiger partial charge in [-0.3, -0.25) is 4.79 Å². The molecular formula is C19H22N4O. The van der Waals surface area contributed by atoms with Crippen LogP contribution in [0.4, 0.5) is 11.4 Å². The summed E-state index contributed by atoms with van der Waals surface area (Å²) in [6, 6.07) is 14.1. The van der Waals surface area contributed by atoms with Crippen LogP contribution in [-0.2, 0) is 0 Å². The zero-order valence-electron chi connectivity index (χ0n) is 13.9. The molecule has 0 radical (unpaired) electrons. The molecule has 0 aliphatic carbocycles. The molecule has 0 saturated carbocycles. The van der Waals surface area contributed by atoms with E-state index in [0.29, 0.717) is 5.69 Å². The minimum Gasteiger partial charge on any atom is -0.399 e. The largest absolute Gasteiger partial charge is 0.399 e. The lowest BCUT2D eigenvalue weighted by Crippen LogP contribution is -2.38. The molecule has 4 rings (SSSR count). The van der Waals surface area contributed by atoms with Crippen LogP contribution in [0.2, 0.25) is 0 Å². The van der Waals surface area contributed by atoms with Gasteiger partial charge in [-0.2, -0.15) is 0 Å². The predicted octanol–water partition coefficient (Wildman–Crippen LogP) is 2.19. The highest BCUT2D eigenvalue weighted by atomic mass is 16.2. The molecule has 0 aromatic heterocycles. The third-order valence-corrected chi connectivity index (χ3v) is 4.96. The molecule has 3 atom stereocenters. The van der Waals surface area contributed by atoms with Gasteiger partial charge in [0.2, 0.25) is 0 Å². The maximum absolute atomic E-state index is 12.4. The Morgan fingerprint density at radius 3 is 2.67 bits per heavy atom. The van der Waals surface area contributed by atoms with Crippen molar-refractivity contribution < 1.29 is 4.79 Å². The van der Waals surface area contributed by atoms with E-state index in [-0.39, 0.29) is 23.9 Å². The zero-order chi connectivity index (χ0) is 16.8. The van der Waals surface area contributed by atoms with E-state index in [2.05, 4.69) is 47.8 Å². The van der Waals surface area contributed by atoms with Crippen molar-refractivity contribution in [1.82, 2.24) is 10.2 Å². The fraction of sp³-hybridized carbons (Fsp3) is 0.316. The summed E-state index contributed by atoms with van der Waals surface area (Å²) >= 11 is 0. The van der Waals surface area contributed by atoms with E-state index in [1.54, 1.807) is 6.07 Å². The van der Waals surface area contributed by atoms with Gasteiger partial charge in [-0.25, -0.2) is 0 Å². The van der Waals surface area contributed by atoms with E-state index >= 15 is 0 Å². The summed E-state index contributed by atoms with van der Waals surface area (Å²) in [6.07, 6.45) is 0. The Labute approximate surface area is 141 Å². The number of nitrogens with one attached hydrogen (secondary N) is 2. The number of hydrogen-bond donors (Lipinski definition) is 3. The molecule has 5 heteroatoms. The van der Waals surface area contributed by atoms with Gasteiger partial charge >= 0.3 is 0 Å². The molecule has 2 aromatic rings. The Bertz CT molecular complexity index is 802. The van der Waals surface area contributed by atoms with Crippen LogP contribution in [0.15, 0.2) is 42.5 Å². The second kappa shape index (κ2) is 5.53. The van der Waals surface area contributed by atoms with Crippen LogP contribution in [0.5, 0.6) is 0 Å². The van der Waals surface area contributed by atoms with Gasteiger partial charge in [0.25, 0.3) is 5.91 Å². The number of carbonyl (C=O) groups excluding carboxylic acids is 1. The molecule has 24 heavy (non-hydrogen) atoms. The molecule has 124 valence electrons. The van der Waals surface area contributed by atoms with Crippen LogP contribution in [0.1, 0.15) is 33.4 Å². The van der Waals surface area contributed by atoms with Crippen molar-refractivity contribution in [1.29, 1.82) is 0 Å². The Hall–Kier alpha value is -2.53. The molecule has 0 saturated heterocycles. The summed E-state index contributed by atoms with van der Waals surface area (Å²) in [5.74, 6) is 0.165. The molecule has 5 nitrogen and oxygen atoms in total. The van der Waals surface area contributed by atoms with Crippen LogP contribution in [0, 0.1) is 0 Å². The zero-order valence-corrected chi connectivity index (χ0v) is 13.9. The van der Waals surface area contributed by atoms with Crippen molar-refractivity contribution in [3.63, 3.8) is 0 Å². The van der Waals surface area contributed by atoms with E-state index in [9.17, 15) is 4.79 Å². The SMILES string of the molecule is CN(C)CC1Nc2ccccc2C1C1NC(=O)c2ccc(N)cc21. The van der Waals surface area contributed by atoms with Gasteiger partial charge in [-0.15, -0.1) is 0 Å². The minimum absolute atomic E-state index is 0.0111. The van der Waals surface area contributed by atoms with E-state index in [1.807, 2.05) is 18.2 Å². The van der Waals surface area contributed by atoms with Crippen LogP contribution < -0.4 is 16.4 Å². The molecule has 2 aliphatic rings. The van der Waals surface area contributed by atoms with E-state index in [0.717, 1.165) is 23.4 Å². The lowest BCUT2D eigenvalue weighted by atomic mass is 9.84. The van der Waals surface area contributed by atoms with Crippen LogP contribution >= 0.6 is 0 Å². The van der Waals surface area contributed by atoms with E-state index < -0.39 is 0 Å². The molecule has 3 unspecified atom stereocenters. The number of amides is 1. The van der Waals surface area contributed by atoms with Crippen LogP contribution in [0.3, 0.4) is 0 Å². The van der Waals surface area contributed by atoms with Crippen molar-refractivity contribution in [3.8, 4) is 0 Å². The van der Waals surface area contributed by atoms with Crippen molar-refractivity contribution in [2.45, 2.75) is 18.0 Å². The molecule has 4 N–H and O–H groups in total. The van der Waals surface area contributed by atoms with Crippen molar-refractivity contribution >= 4 is 17.3 Å². The Morgan fingerprint density at radius 1 is 1.08 bits per heavy atom. The molecule has 0 spiro atoms. The van der Waals surface area contributed by atoms with E-state index in [4.69, 9.17) is 5.73 Å². The quantitative estimate of drug-likeness (QED) is 0.758. The van der Waals surface area contributed by atoms with Gasteiger partial charge in [0.15, 0.2) is 0 Å². The summed E-state index contributed by atoms with van der Waals surface area (Å²) in [5.41, 5.74) is 10.8. The number of anilines is 2. The third kappa shape index (κ3) is 2.32. The Morgan fingerprint density at radius 2 is 1.88 bits per heavy atom. The van der Waals surface area contributed by atoms with E-state index in [1.165, 1.54) is 5.56 Å². The number of hydrogen-bond acceptors (Lipinski definition) is 4. The molecule has 0 bridgehead atoms. The fourth-order valence-electron chi connectivity index (χ4n) is 4.02. The second-order valence-corrected chi connectivity index (χ2v) is 6.92. The first-order valence-corrected chi connectivity index (χ1v) is 8.25. The van der Waals surface area contributed by atoms with Crippen molar-refractivity contribution in [2.24, 2.45) is 0 Å². The first kappa shape index (κ1) is 15.0. The number of nitrogen functional groups attached to an aromatic ring is 1. The summed E-state index contributed by atoms with van der Waals surface area (Å²) in [7, 11) is 4.14. The van der Waals surface area contributed by atoms with Gasteiger partial charge in [0, 0.05) is 35.4 Å². The number of rotatable bonds is 3. The maximum Gasteiger partial charge on any atom is 0.252 e. The first-order chi connectivity index (χ1) is 11.5. The standard InChI is InChI=1S/C19H22N4O/c1-23(2)10-16-17(13-5-3-4-6-15(13)21-16)18-14-9-11(20)7-8-12(14)19(24)22-18/h3-9,16-18,21H,10,20H2,1-2H3,(H,22,24). The van der Waals surface area contributed by atoms with Crippen molar-refractivity contribution in [2.75, 3.05) is 31.7 Å². The minimum atomic E-state index is -0.0582. The molecular weight excluding hydrogens is 300 g/mol. The molecule has 1 amide bonds. The summed E-state index contributed by atoms with van der Waals surface area (Å²) in [6.45, 7) is 0.892. The second-order valence-electron chi connectivity index (χ2n) is 6.92. The average molecular weight is 322 g/mol. The highest BCUT2D eigenvalue weighted by Gasteiger charge is 2.43. The summed E-state index contributed by atoms with van der Waals surface area (Å²) in [5, 5.41) is 6.81. The van der Waals surface area contributed by atoms with Crippen LogP contribution in [-0.4, -0.2) is 37.5 Å². The average Bonchev–Trinajstić information content (AvgIpc) is 3.04. The Balaban J connectivity index is 1.79. The topological polar surface area (TPSA) is 70.4 Å². The molecule has 0 fully saturated rings. The van der Waals surface area contributed by atoms with Gasteiger partial charge in [0.1, 0.15) is 0 Å².